The number of rotatable bonds is 8. The molecule has 1 aromatic heterocycles. The van der Waals surface area contributed by atoms with Crippen molar-refractivity contribution in [3.63, 3.8) is 0 Å². The Morgan fingerprint density at radius 3 is 2.75 bits per heavy atom. The minimum Gasteiger partial charge on any atom is -0.493 e. The highest BCUT2D eigenvalue weighted by Crippen LogP contribution is 2.31. The van der Waals surface area contributed by atoms with Gasteiger partial charge in [0.1, 0.15) is 0 Å². The van der Waals surface area contributed by atoms with Gasteiger partial charge in [0.15, 0.2) is 11.5 Å². The number of benzene rings is 2. The third-order valence-corrected chi connectivity index (χ3v) is 5.65. The highest BCUT2D eigenvalue weighted by atomic mass is 16.5. The van der Waals surface area contributed by atoms with E-state index < -0.39 is 0 Å². The fraction of sp³-hybridized carbons (Fsp3) is 0.375. The second-order valence-corrected chi connectivity index (χ2v) is 7.86. The van der Waals surface area contributed by atoms with Crippen LogP contribution in [0.15, 0.2) is 53.1 Å². The van der Waals surface area contributed by atoms with Crippen molar-refractivity contribution in [2.24, 2.45) is 5.92 Å². The molecule has 168 valence electrons. The van der Waals surface area contributed by atoms with Gasteiger partial charge in [0.05, 0.1) is 26.7 Å². The van der Waals surface area contributed by atoms with E-state index in [1.807, 2.05) is 48.5 Å². The number of nitrogens with one attached hydrogen (secondary N) is 1. The number of carbonyl (C=O) groups is 1. The Labute approximate surface area is 187 Å². The Bertz CT molecular complexity index is 1040. The summed E-state index contributed by atoms with van der Waals surface area (Å²) in [4.78, 5) is 19.4. The standard InChI is InChI=1S/C24H28N4O4/c1-30-20-11-10-18(13-21(20)31-2)23-26-22(32-27-23)16-28-12-6-9-19(15-28)24(29)25-14-17-7-4-3-5-8-17/h3-5,7-8,10-11,13,19H,6,9,12,14-16H2,1-2H3,(H,25,29)/t19-/m1/s1. The van der Waals surface area contributed by atoms with Crippen LogP contribution in [-0.4, -0.2) is 48.3 Å². The van der Waals surface area contributed by atoms with Gasteiger partial charge in [-0.05, 0) is 43.1 Å². The second kappa shape index (κ2) is 10.3. The zero-order valence-corrected chi connectivity index (χ0v) is 18.4. The van der Waals surface area contributed by atoms with Crippen LogP contribution in [0.25, 0.3) is 11.4 Å². The first-order valence-electron chi connectivity index (χ1n) is 10.7. The highest BCUT2D eigenvalue weighted by molar-refractivity contribution is 5.79. The summed E-state index contributed by atoms with van der Waals surface area (Å²) in [7, 11) is 3.18. The normalized spacial score (nSPS) is 16.5. The van der Waals surface area contributed by atoms with E-state index in [9.17, 15) is 4.79 Å². The van der Waals surface area contributed by atoms with Crippen molar-refractivity contribution in [1.82, 2.24) is 20.4 Å². The molecule has 1 fully saturated rings. The molecule has 1 atom stereocenters. The molecule has 8 nitrogen and oxygen atoms in total. The molecule has 4 rings (SSSR count). The van der Waals surface area contributed by atoms with Gasteiger partial charge < -0.3 is 19.3 Å². The predicted octanol–water partition coefficient (Wildman–Crippen LogP) is 3.28. The van der Waals surface area contributed by atoms with Crippen molar-refractivity contribution in [3.8, 4) is 22.9 Å². The van der Waals surface area contributed by atoms with Crippen molar-refractivity contribution >= 4 is 5.91 Å². The number of aromatic nitrogens is 2. The molecular weight excluding hydrogens is 408 g/mol. The Balaban J connectivity index is 1.34. The molecule has 2 heterocycles. The topological polar surface area (TPSA) is 89.7 Å². The Kier molecular flexibility index (Phi) is 7.01. The van der Waals surface area contributed by atoms with E-state index in [0.29, 0.717) is 42.8 Å². The van der Waals surface area contributed by atoms with Crippen LogP contribution in [0.1, 0.15) is 24.3 Å². The molecule has 3 aromatic rings. The summed E-state index contributed by atoms with van der Waals surface area (Å²) < 4.78 is 16.1. The largest absolute Gasteiger partial charge is 0.493 e. The van der Waals surface area contributed by atoms with E-state index in [-0.39, 0.29) is 11.8 Å². The average molecular weight is 437 g/mol. The molecular formula is C24H28N4O4. The maximum Gasteiger partial charge on any atom is 0.241 e. The summed E-state index contributed by atoms with van der Waals surface area (Å²) >= 11 is 0. The number of ether oxygens (including phenoxy) is 2. The van der Waals surface area contributed by atoms with Gasteiger partial charge in [-0.2, -0.15) is 4.98 Å². The van der Waals surface area contributed by atoms with Gasteiger partial charge in [0.25, 0.3) is 0 Å². The van der Waals surface area contributed by atoms with Gasteiger partial charge in [0.2, 0.25) is 17.6 Å². The Morgan fingerprint density at radius 2 is 1.97 bits per heavy atom. The number of hydrogen-bond acceptors (Lipinski definition) is 7. The summed E-state index contributed by atoms with van der Waals surface area (Å²) in [6.07, 6.45) is 1.85. The molecule has 1 aliphatic heterocycles. The van der Waals surface area contributed by atoms with Crippen molar-refractivity contribution < 1.29 is 18.8 Å². The van der Waals surface area contributed by atoms with Gasteiger partial charge in [-0.25, -0.2) is 0 Å². The molecule has 1 N–H and O–H groups in total. The molecule has 8 heteroatoms. The zero-order valence-electron chi connectivity index (χ0n) is 18.4. The van der Waals surface area contributed by atoms with Crippen molar-refractivity contribution in [3.05, 3.63) is 60.0 Å². The number of methoxy groups -OCH3 is 2. The van der Waals surface area contributed by atoms with Gasteiger partial charge in [-0.15, -0.1) is 0 Å². The molecule has 0 spiro atoms. The van der Waals surface area contributed by atoms with E-state index in [0.717, 1.165) is 30.5 Å². The van der Waals surface area contributed by atoms with E-state index in [1.54, 1.807) is 14.2 Å². The number of hydrogen-bond donors (Lipinski definition) is 1. The number of amides is 1. The molecule has 0 saturated carbocycles. The van der Waals surface area contributed by atoms with E-state index in [1.165, 1.54) is 0 Å². The highest BCUT2D eigenvalue weighted by Gasteiger charge is 2.27. The minimum absolute atomic E-state index is 0.0410. The van der Waals surface area contributed by atoms with Gasteiger partial charge >= 0.3 is 0 Å². The van der Waals surface area contributed by atoms with Gasteiger partial charge in [-0.1, -0.05) is 35.5 Å². The minimum atomic E-state index is -0.0410. The van der Waals surface area contributed by atoms with E-state index >= 15 is 0 Å². The number of piperidine rings is 1. The summed E-state index contributed by atoms with van der Waals surface area (Å²) in [6.45, 7) is 2.64. The molecule has 1 saturated heterocycles. The van der Waals surface area contributed by atoms with Crippen LogP contribution in [0, 0.1) is 5.92 Å². The van der Waals surface area contributed by atoms with Crippen LogP contribution in [0.4, 0.5) is 0 Å². The summed E-state index contributed by atoms with van der Waals surface area (Å²) in [6, 6.07) is 15.4. The summed E-state index contributed by atoms with van der Waals surface area (Å²) in [5, 5.41) is 7.17. The number of likely N-dealkylation sites (tertiary alicyclic amines) is 1. The maximum atomic E-state index is 12.7. The molecule has 0 bridgehead atoms. The molecule has 0 unspecified atom stereocenters. The van der Waals surface area contributed by atoms with Crippen LogP contribution in [0.2, 0.25) is 0 Å². The first kappa shape index (κ1) is 21.8. The Morgan fingerprint density at radius 1 is 1.16 bits per heavy atom. The van der Waals surface area contributed by atoms with Crippen molar-refractivity contribution in [2.45, 2.75) is 25.9 Å². The zero-order chi connectivity index (χ0) is 22.3. The van der Waals surface area contributed by atoms with E-state index in [4.69, 9.17) is 14.0 Å². The van der Waals surface area contributed by atoms with Crippen molar-refractivity contribution in [2.75, 3.05) is 27.3 Å². The van der Waals surface area contributed by atoms with Crippen LogP contribution in [-0.2, 0) is 17.9 Å². The lowest BCUT2D eigenvalue weighted by Gasteiger charge is -2.30. The molecule has 2 aromatic carbocycles. The number of nitrogens with zero attached hydrogens (tertiary/aromatic N) is 3. The first-order chi connectivity index (χ1) is 15.7. The third kappa shape index (κ3) is 5.26. The molecule has 1 aliphatic rings. The second-order valence-electron chi connectivity index (χ2n) is 7.86. The SMILES string of the molecule is COc1ccc(-c2noc(CN3CCC[C@@H](C(=O)NCc4ccccc4)C3)n2)cc1OC. The van der Waals surface area contributed by atoms with E-state index in [2.05, 4.69) is 20.4 Å². The molecule has 1 amide bonds. The smallest absolute Gasteiger partial charge is 0.241 e. The molecule has 0 aliphatic carbocycles. The average Bonchev–Trinajstić information content (AvgIpc) is 3.31. The maximum absolute atomic E-state index is 12.7. The monoisotopic (exact) mass is 436 g/mol. The predicted molar refractivity (Wildman–Crippen MR) is 119 cm³/mol. The molecule has 0 radical (unpaired) electrons. The van der Waals surface area contributed by atoms with Crippen LogP contribution < -0.4 is 14.8 Å². The quantitative estimate of drug-likeness (QED) is 0.580. The number of carbonyl (C=O) groups excluding carboxylic acids is 1. The lowest BCUT2D eigenvalue weighted by molar-refractivity contribution is -0.127. The lowest BCUT2D eigenvalue weighted by Crippen LogP contribution is -2.42. The Hall–Kier alpha value is -3.39. The van der Waals surface area contributed by atoms with Gasteiger partial charge in [-0.3, -0.25) is 9.69 Å². The molecule has 32 heavy (non-hydrogen) atoms. The fourth-order valence-corrected chi connectivity index (χ4v) is 3.95. The lowest BCUT2D eigenvalue weighted by atomic mass is 9.97. The van der Waals surface area contributed by atoms with Crippen LogP contribution in [0.5, 0.6) is 11.5 Å². The summed E-state index contributed by atoms with van der Waals surface area (Å²) in [5.74, 6) is 2.33. The fourth-order valence-electron chi connectivity index (χ4n) is 3.95. The van der Waals surface area contributed by atoms with Crippen LogP contribution in [0.3, 0.4) is 0 Å². The summed E-state index contributed by atoms with van der Waals surface area (Å²) in [5.41, 5.74) is 1.89. The first-order valence-corrected chi connectivity index (χ1v) is 10.7. The van der Waals surface area contributed by atoms with Crippen molar-refractivity contribution in [1.29, 1.82) is 0 Å². The van der Waals surface area contributed by atoms with Crippen LogP contribution >= 0.6 is 0 Å². The third-order valence-electron chi connectivity index (χ3n) is 5.65. The van der Waals surface area contributed by atoms with Gasteiger partial charge in [0, 0.05) is 18.7 Å².